The molecule has 3 aromatic rings. The van der Waals surface area contributed by atoms with Crippen molar-refractivity contribution in [2.24, 2.45) is 11.8 Å². The Morgan fingerprint density at radius 3 is 2.61 bits per heavy atom. The van der Waals surface area contributed by atoms with Crippen LogP contribution in [0.15, 0.2) is 48.7 Å². The molecule has 1 aliphatic carbocycles. The highest BCUT2D eigenvalue weighted by Crippen LogP contribution is 2.35. The van der Waals surface area contributed by atoms with Crippen molar-refractivity contribution in [3.8, 4) is 23.0 Å². The van der Waals surface area contributed by atoms with E-state index < -0.39 is 6.16 Å². The van der Waals surface area contributed by atoms with E-state index in [1.807, 2.05) is 18.2 Å². The zero-order valence-corrected chi connectivity index (χ0v) is 20.0. The number of rotatable bonds is 6. The van der Waals surface area contributed by atoms with Gasteiger partial charge in [-0.3, -0.25) is 9.78 Å². The predicted octanol–water partition coefficient (Wildman–Crippen LogP) is 4.98. The van der Waals surface area contributed by atoms with Crippen molar-refractivity contribution in [1.82, 2.24) is 4.98 Å². The van der Waals surface area contributed by atoms with E-state index in [0.29, 0.717) is 48.7 Å². The van der Waals surface area contributed by atoms with Gasteiger partial charge in [0.15, 0.2) is 11.5 Å². The number of ether oxygens (including phenoxy) is 5. The van der Waals surface area contributed by atoms with E-state index >= 15 is 0 Å². The Balaban J connectivity index is 1.14. The van der Waals surface area contributed by atoms with Gasteiger partial charge in [-0.2, -0.15) is 0 Å². The summed E-state index contributed by atoms with van der Waals surface area (Å²) in [6.45, 7) is 1.58. The monoisotopic (exact) mass is 492 g/mol. The van der Waals surface area contributed by atoms with Crippen LogP contribution in [0.4, 0.5) is 10.5 Å². The zero-order chi connectivity index (χ0) is 24.9. The maximum atomic E-state index is 12.8. The lowest BCUT2D eigenvalue weighted by Gasteiger charge is -2.28. The van der Waals surface area contributed by atoms with E-state index in [2.05, 4.69) is 15.0 Å². The summed E-state index contributed by atoms with van der Waals surface area (Å²) in [5, 5.41) is 3.78. The number of pyridine rings is 1. The molecular weight excluding hydrogens is 464 g/mol. The van der Waals surface area contributed by atoms with Gasteiger partial charge in [-0.05, 0) is 68.0 Å². The van der Waals surface area contributed by atoms with Crippen LogP contribution in [0.25, 0.3) is 10.9 Å². The molecule has 9 nitrogen and oxygen atoms in total. The van der Waals surface area contributed by atoms with Crippen LogP contribution in [0.1, 0.15) is 25.7 Å². The molecule has 1 saturated carbocycles. The highest BCUT2D eigenvalue weighted by Gasteiger charge is 2.27. The molecule has 1 aliphatic heterocycles. The van der Waals surface area contributed by atoms with Crippen molar-refractivity contribution < 1.29 is 33.3 Å². The van der Waals surface area contributed by atoms with Crippen LogP contribution in [-0.2, 0) is 9.53 Å². The SMILES string of the molecule is COC(=O)Oc1ccc2nccc(OCC3CCC(C(=O)Nc4ccc5c(c4)OCCO5)CC3)c2c1. The van der Waals surface area contributed by atoms with Crippen LogP contribution < -0.4 is 24.3 Å². The standard InChI is InChI=1S/C27H28N2O7/c1-32-27(31)36-20-7-8-22-21(15-20)23(10-11-28-22)35-16-17-2-4-18(5-3-17)26(30)29-19-6-9-24-25(14-19)34-13-12-33-24/h6-11,14-15,17-18H,2-5,12-13,16H2,1H3,(H,29,30). The summed E-state index contributed by atoms with van der Waals surface area (Å²) in [5.41, 5.74) is 1.46. The number of carbonyl (C=O) groups is 2. The van der Waals surface area contributed by atoms with E-state index in [1.165, 1.54) is 7.11 Å². The first-order chi connectivity index (χ1) is 17.6. The normalized spacial score (nSPS) is 18.8. The number of fused-ring (bicyclic) bond motifs is 2. The third-order valence-corrected chi connectivity index (χ3v) is 6.54. The second-order valence-corrected chi connectivity index (χ2v) is 8.92. The molecular formula is C27H28N2O7. The Morgan fingerprint density at radius 1 is 1.00 bits per heavy atom. The van der Waals surface area contributed by atoms with E-state index in [9.17, 15) is 9.59 Å². The molecule has 9 heteroatoms. The van der Waals surface area contributed by atoms with Gasteiger partial charge in [-0.25, -0.2) is 4.79 Å². The van der Waals surface area contributed by atoms with Crippen molar-refractivity contribution in [3.05, 3.63) is 48.7 Å². The molecule has 0 radical (unpaired) electrons. The van der Waals surface area contributed by atoms with Gasteiger partial charge in [-0.1, -0.05) is 0 Å². The van der Waals surface area contributed by atoms with E-state index in [-0.39, 0.29) is 11.8 Å². The lowest BCUT2D eigenvalue weighted by molar-refractivity contribution is -0.121. The molecule has 2 aliphatic rings. The summed E-state index contributed by atoms with van der Waals surface area (Å²) < 4.78 is 27.0. The molecule has 2 heterocycles. The molecule has 0 spiro atoms. The molecule has 0 bridgehead atoms. The Bertz CT molecular complexity index is 1250. The maximum Gasteiger partial charge on any atom is 0.513 e. The minimum Gasteiger partial charge on any atom is -0.493 e. The molecule has 0 saturated heterocycles. The number of hydrogen-bond donors (Lipinski definition) is 1. The number of nitrogens with one attached hydrogen (secondary N) is 1. The number of benzene rings is 2. The molecule has 1 aromatic heterocycles. The number of amides is 1. The Kier molecular flexibility index (Phi) is 7.06. The average molecular weight is 493 g/mol. The van der Waals surface area contributed by atoms with Gasteiger partial charge >= 0.3 is 6.16 Å². The van der Waals surface area contributed by atoms with Crippen LogP contribution in [0.3, 0.4) is 0 Å². The topological polar surface area (TPSA) is 105 Å². The lowest BCUT2D eigenvalue weighted by Crippen LogP contribution is -2.29. The molecule has 5 rings (SSSR count). The van der Waals surface area contributed by atoms with Gasteiger partial charge in [0.25, 0.3) is 0 Å². The fraction of sp³-hybridized carbons (Fsp3) is 0.370. The third-order valence-electron chi connectivity index (χ3n) is 6.54. The van der Waals surface area contributed by atoms with Crippen molar-refractivity contribution in [2.75, 3.05) is 32.2 Å². The van der Waals surface area contributed by atoms with Crippen molar-refractivity contribution in [1.29, 1.82) is 0 Å². The van der Waals surface area contributed by atoms with Gasteiger partial charge < -0.3 is 29.0 Å². The third kappa shape index (κ3) is 5.45. The molecule has 36 heavy (non-hydrogen) atoms. The summed E-state index contributed by atoms with van der Waals surface area (Å²) >= 11 is 0. The fourth-order valence-corrected chi connectivity index (χ4v) is 4.59. The van der Waals surface area contributed by atoms with E-state index in [0.717, 1.165) is 42.3 Å². The minimum atomic E-state index is -0.782. The smallest absolute Gasteiger partial charge is 0.493 e. The quantitative estimate of drug-likeness (QED) is 0.380. The number of hydrogen-bond acceptors (Lipinski definition) is 8. The summed E-state index contributed by atoms with van der Waals surface area (Å²) in [4.78, 5) is 28.6. The number of nitrogens with zero attached hydrogens (tertiary/aromatic N) is 1. The van der Waals surface area contributed by atoms with Crippen LogP contribution in [0.5, 0.6) is 23.0 Å². The number of aromatic nitrogens is 1. The van der Waals surface area contributed by atoms with Crippen LogP contribution in [0, 0.1) is 11.8 Å². The zero-order valence-electron chi connectivity index (χ0n) is 20.0. The first-order valence-electron chi connectivity index (χ1n) is 12.1. The van der Waals surface area contributed by atoms with Crippen molar-refractivity contribution >= 4 is 28.7 Å². The van der Waals surface area contributed by atoms with Gasteiger partial charge in [0.05, 0.1) is 19.2 Å². The molecule has 1 N–H and O–H groups in total. The van der Waals surface area contributed by atoms with Crippen molar-refractivity contribution in [3.63, 3.8) is 0 Å². The number of anilines is 1. The van der Waals surface area contributed by atoms with Gasteiger partial charge in [0.1, 0.15) is 24.7 Å². The average Bonchev–Trinajstić information content (AvgIpc) is 2.92. The largest absolute Gasteiger partial charge is 0.513 e. The van der Waals surface area contributed by atoms with Crippen LogP contribution in [-0.4, -0.2) is 44.0 Å². The van der Waals surface area contributed by atoms with Gasteiger partial charge in [0.2, 0.25) is 5.91 Å². The second-order valence-electron chi connectivity index (χ2n) is 8.92. The highest BCUT2D eigenvalue weighted by molar-refractivity contribution is 5.93. The molecule has 1 fully saturated rings. The Hall–Kier alpha value is -4.01. The van der Waals surface area contributed by atoms with Crippen LogP contribution >= 0.6 is 0 Å². The molecule has 188 valence electrons. The molecule has 1 amide bonds. The van der Waals surface area contributed by atoms with Gasteiger partial charge in [0, 0.05) is 29.3 Å². The van der Waals surface area contributed by atoms with Gasteiger partial charge in [-0.15, -0.1) is 0 Å². The molecule has 0 atom stereocenters. The van der Waals surface area contributed by atoms with Crippen LogP contribution in [0.2, 0.25) is 0 Å². The summed E-state index contributed by atoms with van der Waals surface area (Å²) in [6.07, 6.45) is 4.32. The van der Waals surface area contributed by atoms with E-state index in [1.54, 1.807) is 30.5 Å². The van der Waals surface area contributed by atoms with E-state index in [4.69, 9.17) is 18.9 Å². The molecule has 2 aromatic carbocycles. The maximum absolute atomic E-state index is 12.8. The summed E-state index contributed by atoms with van der Waals surface area (Å²) in [7, 11) is 1.26. The van der Waals surface area contributed by atoms with Crippen molar-refractivity contribution in [2.45, 2.75) is 25.7 Å². The molecule has 0 unspecified atom stereocenters. The lowest BCUT2D eigenvalue weighted by atomic mass is 9.82. The number of carbonyl (C=O) groups excluding carboxylic acids is 2. The Labute approximate surface area is 208 Å². The first kappa shape index (κ1) is 23.7. The highest BCUT2D eigenvalue weighted by atomic mass is 16.7. The number of methoxy groups -OCH3 is 1. The Morgan fingerprint density at radius 2 is 1.81 bits per heavy atom. The second kappa shape index (κ2) is 10.7. The minimum absolute atomic E-state index is 0.0318. The predicted molar refractivity (Wildman–Crippen MR) is 132 cm³/mol. The first-order valence-corrected chi connectivity index (χ1v) is 12.1. The summed E-state index contributed by atoms with van der Waals surface area (Å²) in [5.74, 6) is 2.74. The summed E-state index contributed by atoms with van der Waals surface area (Å²) in [6, 6.07) is 12.4. The fourth-order valence-electron chi connectivity index (χ4n) is 4.59.